The summed E-state index contributed by atoms with van der Waals surface area (Å²) in [6.07, 6.45) is -1.77. The number of H-pyrrole nitrogens is 1. The number of aromatic nitrogens is 2. The summed E-state index contributed by atoms with van der Waals surface area (Å²) in [5, 5.41) is 0. The summed E-state index contributed by atoms with van der Waals surface area (Å²) in [7, 11) is -3.28. The third-order valence-corrected chi connectivity index (χ3v) is 8.22. The van der Waals surface area contributed by atoms with Crippen molar-refractivity contribution >= 4 is 9.73 Å². The van der Waals surface area contributed by atoms with E-state index in [1.165, 1.54) is 19.2 Å². The molecule has 0 aromatic carbocycles. The van der Waals surface area contributed by atoms with Gasteiger partial charge >= 0.3 is 6.18 Å². The van der Waals surface area contributed by atoms with Crippen molar-refractivity contribution in [3.8, 4) is 11.3 Å². The molecule has 1 atom stereocenters. The van der Waals surface area contributed by atoms with E-state index in [2.05, 4.69) is 9.97 Å². The first kappa shape index (κ1) is 24.8. The number of aryl methyl sites for hydroxylation is 1. The van der Waals surface area contributed by atoms with Crippen LogP contribution in [0.15, 0.2) is 28.0 Å². The van der Waals surface area contributed by atoms with Crippen LogP contribution < -0.4 is 5.43 Å². The van der Waals surface area contributed by atoms with Crippen molar-refractivity contribution in [2.45, 2.75) is 74.3 Å². The number of aromatic amines is 1. The van der Waals surface area contributed by atoms with Gasteiger partial charge in [-0.05, 0) is 50.2 Å². The predicted octanol–water partition coefficient (Wildman–Crippen LogP) is 6.13. The molecular formula is C23H26F5N3O2S. The maximum absolute atomic E-state index is 13.4. The number of nitrogens with one attached hydrogen (secondary N) is 2. The zero-order chi connectivity index (χ0) is 25.1. The molecule has 2 aromatic heterocycles. The number of rotatable bonds is 4. The Bertz CT molecular complexity index is 1250. The van der Waals surface area contributed by atoms with E-state index in [0.717, 1.165) is 6.26 Å². The monoisotopic (exact) mass is 503 g/mol. The highest BCUT2D eigenvalue weighted by molar-refractivity contribution is 7.91. The SMILES string of the molecule is Cc1[nH]c(-c2cnc(C3CC(F)(F)C3)cc2C2CCC(C(F)(F)F)CC2)cc(=O)c1[S@@](C)(=N)=O. The lowest BCUT2D eigenvalue weighted by Gasteiger charge is -2.35. The lowest BCUT2D eigenvalue weighted by Crippen LogP contribution is -2.34. The zero-order valence-corrected chi connectivity index (χ0v) is 19.6. The van der Waals surface area contributed by atoms with Crippen LogP contribution in [0, 0.1) is 17.6 Å². The summed E-state index contributed by atoms with van der Waals surface area (Å²) in [6.45, 7) is 1.53. The van der Waals surface area contributed by atoms with Gasteiger partial charge in [0.2, 0.25) is 5.92 Å². The fourth-order valence-corrected chi connectivity index (χ4v) is 6.26. The van der Waals surface area contributed by atoms with Crippen LogP contribution in [0.2, 0.25) is 0 Å². The third-order valence-electron chi connectivity index (χ3n) is 6.94. The minimum absolute atomic E-state index is 0.0298. The second kappa shape index (κ2) is 8.42. The van der Waals surface area contributed by atoms with Crippen LogP contribution in [0.4, 0.5) is 22.0 Å². The molecule has 0 bridgehead atoms. The summed E-state index contributed by atoms with van der Waals surface area (Å²) in [4.78, 5) is 19.9. The van der Waals surface area contributed by atoms with Crippen molar-refractivity contribution < 1.29 is 26.2 Å². The van der Waals surface area contributed by atoms with Crippen molar-refractivity contribution in [3.05, 3.63) is 45.5 Å². The third kappa shape index (κ3) is 4.89. The van der Waals surface area contributed by atoms with E-state index in [4.69, 9.17) is 4.78 Å². The van der Waals surface area contributed by atoms with Crippen LogP contribution in [0.1, 0.15) is 67.3 Å². The van der Waals surface area contributed by atoms with Gasteiger partial charge in [0.25, 0.3) is 0 Å². The summed E-state index contributed by atoms with van der Waals surface area (Å²) in [6, 6.07) is 2.92. The highest BCUT2D eigenvalue weighted by Crippen LogP contribution is 2.50. The summed E-state index contributed by atoms with van der Waals surface area (Å²) >= 11 is 0. The normalized spacial score (nSPS) is 24.9. The predicted molar refractivity (Wildman–Crippen MR) is 118 cm³/mol. The van der Waals surface area contributed by atoms with Gasteiger partial charge in [-0.15, -0.1) is 0 Å². The molecule has 0 unspecified atom stereocenters. The van der Waals surface area contributed by atoms with E-state index < -0.39 is 39.1 Å². The second-order valence-corrected chi connectivity index (χ2v) is 11.7. The van der Waals surface area contributed by atoms with Gasteiger partial charge in [-0.3, -0.25) is 9.78 Å². The molecule has 0 radical (unpaired) electrons. The van der Waals surface area contributed by atoms with E-state index in [0.29, 0.717) is 22.5 Å². The van der Waals surface area contributed by atoms with Gasteiger partial charge in [-0.2, -0.15) is 13.2 Å². The van der Waals surface area contributed by atoms with E-state index in [1.54, 1.807) is 6.07 Å². The minimum atomic E-state index is -4.25. The molecule has 186 valence electrons. The lowest BCUT2D eigenvalue weighted by atomic mass is 9.75. The van der Waals surface area contributed by atoms with Crippen molar-refractivity contribution in [1.29, 1.82) is 4.78 Å². The van der Waals surface area contributed by atoms with Gasteiger partial charge in [0.1, 0.15) is 4.90 Å². The molecule has 2 heterocycles. The molecule has 0 amide bonds. The molecule has 34 heavy (non-hydrogen) atoms. The second-order valence-electron chi connectivity index (χ2n) is 9.59. The van der Waals surface area contributed by atoms with Crippen LogP contribution in [0.5, 0.6) is 0 Å². The molecule has 2 fully saturated rings. The van der Waals surface area contributed by atoms with Gasteiger partial charge in [0.15, 0.2) is 5.43 Å². The molecule has 2 saturated carbocycles. The fraction of sp³-hybridized carbons (Fsp3) is 0.565. The molecule has 0 saturated heterocycles. The highest BCUT2D eigenvalue weighted by atomic mass is 32.2. The maximum Gasteiger partial charge on any atom is 0.391 e. The Morgan fingerprint density at radius 1 is 1.12 bits per heavy atom. The van der Waals surface area contributed by atoms with Crippen molar-refractivity contribution in [2.24, 2.45) is 5.92 Å². The smallest absolute Gasteiger partial charge is 0.357 e. The standard InChI is InChI=1S/C23H26F5N3O2S/c1-12-21(34(2,29)33)20(32)8-19(31-12)17-11-30-18(14-9-22(24,25)10-14)7-16(17)13-3-5-15(6-4-13)23(26,27)28/h7-8,11,13-15,29H,3-6,9-10H2,1-2H3,(H,31,32)/t13?,15?,34-/m0/s1. The van der Waals surface area contributed by atoms with Crippen LogP contribution in [0.3, 0.4) is 0 Å². The number of nitrogens with zero attached hydrogens (tertiary/aromatic N) is 1. The van der Waals surface area contributed by atoms with Crippen LogP contribution in [-0.2, 0) is 9.73 Å². The van der Waals surface area contributed by atoms with E-state index in [-0.39, 0.29) is 55.0 Å². The number of hydrogen-bond donors (Lipinski definition) is 2. The molecule has 2 aliphatic rings. The zero-order valence-electron chi connectivity index (χ0n) is 18.8. The molecular weight excluding hydrogens is 477 g/mol. The number of hydrogen-bond acceptors (Lipinski definition) is 4. The largest absolute Gasteiger partial charge is 0.391 e. The lowest BCUT2D eigenvalue weighted by molar-refractivity contribution is -0.182. The van der Waals surface area contributed by atoms with Crippen molar-refractivity contribution in [1.82, 2.24) is 9.97 Å². The Hall–Kier alpha value is -2.30. The molecule has 2 N–H and O–H groups in total. The fourth-order valence-electron chi connectivity index (χ4n) is 5.18. The molecule has 11 heteroatoms. The Morgan fingerprint density at radius 2 is 1.74 bits per heavy atom. The molecule has 2 aliphatic carbocycles. The number of alkyl halides is 5. The Kier molecular flexibility index (Phi) is 6.15. The van der Waals surface area contributed by atoms with E-state index in [9.17, 15) is 31.0 Å². The van der Waals surface area contributed by atoms with Crippen molar-refractivity contribution in [3.63, 3.8) is 0 Å². The van der Waals surface area contributed by atoms with Gasteiger partial charge in [-0.1, -0.05) is 0 Å². The first-order chi connectivity index (χ1) is 15.7. The summed E-state index contributed by atoms with van der Waals surface area (Å²) in [5.41, 5.74) is 1.68. The average Bonchev–Trinajstić information content (AvgIpc) is 2.69. The molecule has 5 nitrogen and oxygen atoms in total. The molecule has 2 aromatic rings. The Labute approximate surface area is 194 Å². The van der Waals surface area contributed by atoms with Gasteiger partial charge in [0.05, 0.1) is 21.3 Å². The maximum atomic E-state index is 13.4. The first-order valence-corrected chi connectivity index (χ1v) is 13.0. The van der Waals surface area contributed by atoms with E-state index in [1.807, 2.05) is 0 Å². The Balaban J connectivity index is 1.75. The molecule has 4 rings (SSSR count). The first-order valence-electron chi connectivity index (χ1n) is 11.1. The summed E-state index contributed by atoms with van der Waals surface area (Å²) in [5.74, 6) is -4.77. The van der Waals surface area contributed by atoms with Gasteiger partial charge in [-0.25, -0.2) is 17.8 Å². The quantitative estimate of drug-likeness (QED) is 0.492. The number of halogens is 5. The van der Waals surface area contributed by atoms with Crippen LogP contribution in [0.25, 0.3) is 11.3 Å². The van der Waals surface area contributed by atoms with Crippen molar-refractivity contribution in [2.75, 3.05) is 6.26 Å². The summed E-state index contributed by atoms with van der Waals surface area (Å²) < 4.78 is 86.4. The van der Waals surface area contributed by atoms with Crippen LogP contribution in [-0.4, -0.2) is 32.5 Å². The minimum Gasteiger partial charge on any atom is -0.357 e. The van der Waals surface area contributed by atoms with Gasteiger partial charge < -0.3 is 4.98 Å². The topological polar surface area (TPSA) is 86.7 Å². The number of pyridine rings is 2. The average molecular weight is 504 g/mol. The molecule has 0 aliphatic heterocycles. The highest BCUT2D eigenvalue weighted by Gasteiger charge is 2.47. The molecule has 0 spiro atoms. The van der Waals surface area contributed by atoms with Gasteiger partial charge in [0, 0.05) is 54.2 Å². The van der Waals surface area contributed by atoms with E-state index >= 15 is 0 Å². The van der Waals surface area contributed by atoms with Crippen LogP contribution >= 0.6 is 0 Å². The Morgan fingerprint density at radius 3 is 2.24 bits per heavy atom.